The van der Waals surface area contributed by atoms with Gasteiger partial charge in [0.25, 0.3) is 0 Å². The van der Waals surface area contributed by atoms with Gasteiger partial charge in [0, 0.05) is 10.6 Å². The molecule has 0 heterocycles. The zero-order chi connectivity index (χ0) is 11.5. The first-order valence-corrected chi connectivity index (χ1v) is 6.33. The predicted molar refractivity (Wildman–Crippen MR) is 67.2 cm³/mol. The highest BCUT2D eigenvalue weighted by atomic mass is 35.5. The minimum Gasteiger partial charge on any atom is -0.298 e. The van der Waals surface area contributed by atoms with Crippen LogP contribution in [0.1, 0.15) is 54.4 Å². The molecule has 1 fully saturated rings. The van der Waals surface area contributed by atoms with Gasteiger partial charge in [-0.2, -0.15) is 0 Å². The fourth-order valence-corrected chi connectivity index (χ4v) is 2.86. The van der Waals surface area contributed by atoms with Crippen LogP contribution < -0.4 is 0 Å². The SMILES string of the molecule is CC1CCC(c2ccc(C=O)cc2Cl)CC1. The van der Waals surface area contributed by atoms with Crippen LogP contribution in [0.3, 0.4) is 0 Å². The summed E-state index contributed by atoms with van der Waals surface area (Å²) in [7, 11) is 0. The summed E-state index contributed by atoms with van der Waals surface area (Å²) in [5, 5.41) is 0.754. The quantitative estimate of drug-likeness (QED) is 0.694. The molecule has 1 aliphatic rings. The van der Waals surface area contributed by atoms with Crippen LogP contribution in [0.4, 0.5) is 0 Å². The summed E-state index contributed by atoms with van der Waals surface area (Å²) in [6, 6.07) is 5.67. The van der Waals surface area contributed by atoms with Crippen molar-refractivity contribution in [3.63, 3.8) is 0 Å². The van der Waals surface area contributed by atoms with Gasteiger partial charge in [-0.05, 0) is 36.3 Å². The standard InChI is InChI=1S/C14H17ClO/c1-10-2-5-12(6-3-10)13-7-4-11(9-16)8-14(13)15/h4,7-10,12H,2-3,5-6H2,1H3. The molecule has 0 spiro atoms. The van der Waals surface area contributed by atoms with Gasteiger partial charge in [0.05, 0.1) is 0 Å². The molecule has 0 saturated heterocycles. The van der Waals surface area contributed by atoms with Gasteiger partial charge in [-0.15, -0.1) is 0 Å². The van der Waals surface area contributed by atoms with Crippen molar-refractivity contribution in [1.29, 1.82) is 0 Å². The molecule has 0 amide bonds. The average Bonchev–Trinajstić information content (AvgIpc) is 2.30. The van der Waals surface area contributed by atoms with E-state index in [9.17, 15) is 4.79 Å². The Bertz CT molecular complexity index is 378. The summed E-state index contributed by atoms with van der Waals surface area (Å²) in [5.74, 6) is 1.44. The first kappa shape index (κ1) is 11.7. The minimum atomic E-state index is 0.587. The number of rotatable bonds is 2. The molecule has 86 valence electrons. The topological polar surface area (TPSA) is 17.1 Å². The van der Waals surface area contributed by atoms with Crippen molar-refractivity contribution in [2.24, 2.45) is 5.92 Å². The molecule has 2 rings (SSSR count). The van der Waals surface area contributed by atoms with Crippen LogP contribution in [0.5, 0.6) is 0 Å². The molecule has 1 saturated carbocycles. The van der Waals surface area contributed by atoms with E-state index in [-0.39, 0.29) is 0 Å². The Labute approximate surface area is 102 Å². The Morgan fingerprint density at radius 3 is 2.50 bits per heavy atom. The molecule has 0 aliphatic heterocycles. The monoisotopic (exact) mass is 236 g/mol. The number of benzene rings is 1. The highest BCUT2D eigenvalue weighted by Crippen LogP contribution is 2.38. The molecular weight excluding hydrogens is 220 g/mol. The first-order valence-electron chi connectivity index (χ1n) is 5.95. The van der Waals surface area contributed by atoms with Gasteiger partial charge >= 0.3 is 0 Å². The van der Waals surface area contributed by atoms with Crippen LogP contribution in [0, 0.1) is 5.92 Å². The van der Waals surface area contributed by atoms with E-state index >= 15 is 0 Å². The summed E-state index contributed by atoms with van der Waals surface area (Å²) in [6.07, 6.45) is 5.87. The van der Waals surface area contributed by atoms with E-state index in [1.807, 2.05) is 12.1 Å². The van der Waals surface area contributed by atoms with E-state index in [1.165, 1.54) is 31.2 Å². The Morgan fingerprint density at radius 2 is 1.94 bits per heavy atom. The molecular formula is C14H17ClO. The average molecular weight is 237 g/mol. The van der Waals surface area contributed by atoms with Crippen molar-refractivity contribution >= 4 is 17.9 Å². The van der Waals surface area contributed by atoms with Crippen LogP contribution in [0.2, 0.25) is 5.02 Å². The van der Waals surface area contributed by atoms with Crippen molar-refractivity contribution in [3.05, 3.63) is 34.3 Å². The fraction of sp³-hybridized carbons (Fsp3) is 0.500. The Morgan fingerprint density at radius 1 is 1.25 bits per heavy atom. The van der Waals surface area contributed by atoms with Gasteiger partial charge in [0.1, 0.15) is 6.29 Å². The molecule has 0 atom stereocenters. The lowest BCUT2D eigenvalue weighted by atomic mass is 9.79. The maximum absolute atomic E-state index is 10.6. The largest absolute Gasteiger partial charge is 0.298 e. The Hall–Kier alpha value is -0.820. The summed E-state index contributed by atoms with van der Waals surface area (Å²) in [6.45, 7) is 2.31. The smallest absolute Gasteiger partial charge is 0.150 e. The highest BCUT2D eigenvalue weighted by Gasteiger charge is 2.21. The van der Waals surface area contributed by atoms with Gasteiger partial charge < -0.3 is 0 Å². The van der Waals surface area contributed by atoms with E-state index < -0.39 is 0 Å². The molecule has 0 radical (unpaired) electrons. The maximum atomic E-state index is 10.6. The van der Waals surface area contributed by atoms with Crippen LogP contribution in [-0.4, -0.2) is 6.29 Å². The molecule has 1 aromatic rings. The highest BCUT2D eigenvalue weighted by molar-refractivity contribution is 6.31. The second kappa shape index (κ2) is 5.01. The summed E-state index contributed by atoms with van der Waals surface area (Å²) in [5.41, 5.74) is 1.89. The molecule has 1 aliphatic carbocycles. The third-order valence-corrected chi connectivity index (χ3v) is 3.94. The van der Waals surface area contributed by atoms with E-state index in [0.717, 1.165) is 17.2 Å². The van der Waals surface area contributed by atoms with E-state index in [4.69, 9.17) is 11.6 Å². The third-order valence-electron chi connectivity index (χ3n) is 3.62. The van der Waals surface area contributed by atoms with Crippen molar-refractivity contribution < 1.29 is 4.79 Å². The van der Waals surface area contributed by atoms with Gasteiger partial charge in [-0.3, -0.25) is 4.79 Å². The van der Waals surface area contributed by atoms with Gasteiger partial charge in [-0.25, -0.2) is 0 Å². The van der Waals surface area contributed by atoms with Crippen molar-refractivity contribution in [2.45, 2.75) is 38.5 Å². The van der Waals surface area contributed by atoms with E-state index in [1.54, 1.807) is 6.07 Å². The third kappa shape index (κ3) is 2.46. The molecule has 2 heteroatoms. The number of carbonyl (C=O) groups is 1. The van der Waals surface area contributed by atoms with Gasteiger partial charge in [0.2, 0.25) is 0 Å². The number of aldehydes is 1. The number of halogens is 1. The predicted octanol–water partition coefficient (Wildman–Crippen LogP) is 4.45. The molecule has 0 bridgehead atoms. The lowest BCUT2D eigenvalue weighted by Gasteiger charge is -2.27. The lowest BCUT2D eigenvalue weighted by molar-refractivity contribution is 0.112. The molecule has 0 N–H and O–H groups in total. The second-order valence-electron chi connectivity index (χ2n) is 4.86. The lowest BCUT2D eigenvalue weighted by Crippen LogP contribution is -2.11. The Balaban J connectivity index is 2.17. The normalized spacial score (nSPS) is 25.4. The number of carbonyl (C=O) groups excluding carboxylic acids is 1. The summed E-state index contributed by atoms with van der Waals surface area (Å²) >= 11 is 6.22. The van der Waals surface area contributed by atoms with Gasteiger partial charge in [-0.1, -0.05) is 43.5 Å². The zero-order valence-corrected chi connectivity index (χ0v) is 10.3. The number of hydrogen-bond acceptors (Lipinski definition) is 1. The van der Waals surface area contributed by atoms with Crippen LogP contribution in [0.15, 0.2) is 18.2 Å². The molecule has 16 heavy (non-hydrogen) atoms. The minimum absolute atomic E-state index is 0.587. The fourth-order valence-electron chi connectivity index (χ4n) is 2.52. The molecule has 0 aromatic heterocycles. The molecule has 1 aromatic carbocycles. The second-order valence-corrected chi connectivity index (χ2v) is 5.26. The number of hydrogen-bond donors (Lipinski definition) is 0. The van der Waals surface area contributed by atoms with Gasteiger partial charge in [0.15, 0.2) is 0 Å². The molecule has 1 nitrogen and oxygen atoms in total. The van der Waals surface area contributed by atoms with Crippen molar-refractivity contribution in [2.75, 3.05) is 0 Å². The first-order chi connectivity index (χ1) is 7.70. The zero-order valence-electron chi connectivity index (χ0n) is 9.58. The van der Waals surface area contributed by atoms with Crippen LogP contribution in [-0.2, 0) is 0 Å². The maximum Gasteiger partial charge on any atom is 0.150 e. The summed E-state index contributed by atoms with van der Waals surface area (Å²) < 4.78 is 0. The summed E-state index contributed by atoms with van der Waals surface area (Å²) in [4.78, 5) is 10.6. The molecule has 0 unspecified atom stereocenters. The van der Waals surface area contributed by atoms with Crippen molar-refractivity contribution in [3.8, 4) is 0 Å². The van der Waals surface area contributed by atoms with Crippen LogP contribution >= 0.6 is 11.6 Å². The van der Waals surface area contributed by atoms with E-state index in [2.05, 4.69) is 6.92 Å². The van der Waals surface area contributed by atoms with Crippen LogP contribution in [0.25, 0.3) is 0 Å². The van der Waals surface area contributed by atoms with E-state index in [0.29, 0.717) is 11.5 Å². The van der Waals surface area contributed by atoms with Crippen molar-refractivity contribution in [1.82, 2.24) is 0 Å². The Kier molecular flexibility index (Phi) is 3.65.